The summed E-state index contributed by atoms with van der Waals surface area (Å²) < 4.78 is 0. The van der Waals surface area contributed by atoms with Gasteiger partial charge in [-0.3, -0.25) is 19.8 Å². The zero-order valence-electron chi connectivity index (χ0n) is 11.9. The molecule has 3 amide bonds. The van der Waals surface area contributed by atoms with Crippen LogP contribution in [-0.4, -0.2) is 24.3 Å². The molecule has 5 heteroatoms. The zero-order valence-corrected chi connectivity index (χ0v) is 11.9. The molecule has 0 spiro atoms. The molecule has 0 aromatic heterocycles. The van der Waals surface area contributed by atoms with Crippen LogP contribution in [0.25, 0.3) is 0 Å². The van der Waals surface area contributed by atoms with Crippen molar-refractivity contribution < 1.29 is 14.4 Å². The van der Waals surface area contributed by atoms with Crippen molar-refractivity contribution in [2.24, 2.45) is 5.92 Å². The molecule has 1 saturated heterocycles. The number of hydrogen-bond donors (Lipinski definition) is 1. The number of nitrogens with one attached hydrogen (secondary N) is 1. The summed E-state index contributed by atoms with van der Waals surface area (Å²) in [7, 11) is 0. The molecular weight excluding hydrogens is 256 g/mol. The van der Waals surface area contributed by atoms with Gasteiger partial charge in [-0.1, -0.05) is 26.0 Å². The van der Waals surface area contributed by atoms with E-state index in [4.69, 9.17) is 0 Å². The highest BCUT2D eigenvalue weighted by molar-refractivity contribution is 6.07. The van der Waals surface area contributed by atoms with Crippen LogP contribution in [0.1, 0.15) is 36.2 Å². The van der Waals surface area contributed by atoms with Crippen molar-refractivity contribution in [1.29, 1.82) is 0 Å². The first-order chi connectivity index (χ1) is 9.40. The number of carbonyl (C=O) groups is 3. The highest BCUT2D eigenvalue weighted by atomic mass is 16.2. The van der Waals surface area contributed by atoms with Gasteiger partial charge in [0.2, 0.25) is 5.91 Å². The van der Waals surface area contributed by atoms with E-state index < -0.39 is 6.03 Å². The van der Waals surface area contributed by atoms with Gasteiger partial charge in [0.1, 0.15) is 0 Å². The molecule has 0 saturated carbocycles. The maximum absolute atomic E-state index is 12.1. The molecule has 0 radical (unpaired) electrons. The molecule has 1 fully saturated rings. The van der Waals surface area contributed by atoms with Crippen LogP contribution < -0.4 is 10.2 Å². The molecule has 20 heavy (non-hydrogen) atoms. The molecule has 1 aliphatic rings. The van der Waals surface area contributed by atoms with Gasteiger partial charge in [0.25, 0.3) is 0 Å². The van der Waals surface area contributed by atoms with Crippen LogP contribution in [0, 0.1) is 12.8 Å². The molecule has 1 heterocycles. The Kier molecular flexibility index (Phi) is 3.88. The lowest BCUT2D eigenvalue weighted by molar-refractivity contribution is -0.120. The van der Waals surface area contributed by atoms with Crippen LogP contribution in [0.3, 0.4) is 0 Å². The Bertz CT molecular complexity index is 578. The van der Waals surface area contributed by atoms with E-state index in [1.807, 2.05) is 26.8 Å². The molecular formula is C15H18N2O3. The Balaban J connectivity index is 2.36. The summed E-state index contributed by atoms with van der Waals surface area (Å²) in [5.41, 5.74) is 2.17. The van der Waals surface area contributed by atoms with Crippen LogP contribution in [0.2, 0.25) is 0 Å². The second-order valence-electron chi connectivity index (χ2n) is 5.28. The molecule has 1 aromatic rings. The Morgan fingerprint density at radius 1 is 1.30 bits per heavy atom. The number of anilines is 1. The minimum Gasteiger partial charge on any atom is -0.294 e. The fourth-order valence-corrected chi connectivity index (χ4v) is 2.18. The lowest BCUT2D eigenvalue weighted by Gasteiger charge is -2.28. The van der Waals surface area contributed by atoms with E-state index in [1.165, 1.54) is 4.90 Å². The number of rotatable bonds is 3. The SMILES string of the molecule is Cc1ccc(C(=O)C(C)C)cc1N1CCC(=O)NC1=O. The number of amides is 3. The third-order valence-electron chi connectivity index (χ3n) is 3.36. The average Bonchev–Trinajstić information content (AvgIpc) is 2.39. The second kappa shape index (κ2) is 5.45. The second-order valence-corrected chi connectivity index (χ2v) is 5.28. The van der Waals surface area contributed by atoms with E-state index in [0.717, 1.165) is 5.56 Å². The van der Waals surface area contributed by atoms with Crippen LogP contribution in [0.15, 0.2) is 18.2 Å². The minimum absolute atomic E-state index is 0.0414. The van der Waals surface area contributed by atoms with Crippen molar-refractivity contribution >= 4 is 23.4 Å². The largest absolute Gasteiger partial charge is 0.328 e. The summed E-state index contributed by atoms with van der Waals surface area (Å²) in [6.07, 6.45) is 0.271. The fourth-order valence-electron chi connectivity index (χ4n) is 2.18. The molecule has 106 valence electrons. The lowest BCUT2D eigenvalue weighted by atomic mass is 9.98. The number of Topliss-reactive ketones (excluding diaryl/α,β-unsaturated/α-hetero) is 1. The van der Waals surface area contributed by atoms with E-state index >= 15 is 0 Å². The van der Waals surface area contributed by atoms with Crippen molar-refractivity contribution in [1.82, 2.24) is 5.32 Å². The van der Waals surface area contributed by atoms with Crippen molar-refractivity contribution in [3.8, 4) is 0 Å². The van der Waals surface area contributed by atoms with E-state index in [9.17, 15) is 14.4 Å². The topological polar surface area (TPSA) is 66.5 Å². The Morgan fingerprint density at radius 2 is 2.00 bits per heavy atom. The molecule has 2 rings (SSSR count). The molecule has 1 N–H and O–H groups in total. The predicted molar refractivity (Wildman–Crippen MR) is 75.8 cm³/mol. The van der Waals surface area contributed by atoms with Crippen LogP contribution in [-0.2, 0) is 4.79 Å². The van der Waals surface area contributed by atoms with Gasteiger partial charge in [-0.05, 0) is 18.6 Å². The summed E-state index contributed by atoms with van der Waals surface area (Å²) in [6.45, 7) is 5.90. The summed E-state index contributed by atoms with van der Waals surface area (Å²) in [6, 6.07) is 4.90. The van der Waals surface area contributed by atoms with Crippen LogP contribution >= 0.6 is 0 Å². The van der Waals surface area contributed by atoms with Gasteiger partial charge in [0.15, 0.2) is 5.78 Å². The summed E-state index contributed by atoms with van der Waals surface area (Å²) in [5, 5.41) is 2.29. The van der Waals surface area contributed by atoms with E-state index in [0.29, 0.717) is 17.8 Å². The van der Waals surface area contributed by atoms with Crippen molar-refractivity contribution in [2.45, 2.75) is 27.2 Å². The molecule has 0 aliphatic carbocycles. The first-order valence-corrected chi connectivity index (χ1v) is 6.66. The first kappa shape index (κ1) is 14.2. The van der Waals surface area contributed by atoms with Gasteiger partial charge in [-0.2, -0.15) is 0 Å². The zero-order chi connectivity index (χ0) is 14.9. The van der Waals surface area contributed by atoms with Gasteiger partial charge in [-0.25, -0.2) is 4.79 Å². The minimum atomic E-state index is -0.432. The van der Waals surface area contributed by atoms with E-state index in [-0.39, 0.29) is 24.0 Å². The molecule has 5 nitrogen and oxygen atoms in total. The number of imide groups is 1. The number of carbonyl (C=O) groups excluding carboxylic acids is 3. The number of nitrogens with zero attached hydrogens (tertiary/aromatic N) is 1. The predicted octanol–water partition coefficient (Wildman–Crippen LogP) is 2.28. The van der Waals surface area contributed by atoms with Crippen molar-refractivity contribution in [3.05, 3.63) is 29.3 Å². The highest BCUT2D eigenvalue weighted by Crippen LogP contribution is 2.24. The number of ketones is 1. The number of urea groups is 1. The number of benzene rings is 1. The van der Waals surface area contributed by atoms with Gasteiger partial charge >= 0.3 is 6.03 Å². The maximum Gasteiger partial charge on any atom is 0.328 e. The normalized spacial score (nSPS) is 15.5. The van der Waals surface area contributed by atoms with E-state index in [1.54, 1.807) is 12.1 Å². The Hall–Kier alpha value is -2.17. The third kappa shape index (κ3) is 2.71. The fraction of sp³-hybridized carbons (Fsp3) is 0.400. The summed E-state index contributed by atoms with van der Waals surface area (Å²) >= 11 is 0. The molecule has 0 unspecified atom stereocenters. The smallest absolute Gasteiger partial charge is 0.294 e. The molecule has 0 bridgehead atoms. The number of aryl methyl sites for hydroxylation is 1. The number of hydrogen-bond acceptors (Lipinski definition) is 3. The standard InChI is InChI=1S/C15H18N2O3/c1-9(2)14(19)11-5-4-10(3)12(8-11)17-7-6-13(18)16-15(17)20/h4-5,8-9H,6-7H2,1-3H3,(H,16,18,20). The van der Waals surface area contributed by atoms with Crippen molar-refractivity contribution in [2.75, 3.05) is 11.4 Å². The molecule has 1 aliphatic heterocycles. The third-order valence-corrected chi connectivity index (χ3v) is 3.36. The lowest BCUT2D eigenvalue weighted by Crippen LogP contribution is -2.49. The van der Waals surface area contributed by atoms with Crippen LogP contribution in [0.4, 0.5) is 10.5 Å². The average molecular weight is 274 g/mol. The Labute approximate surface area is 118 Å². The van der Waals surface area contributed by atoms with Gasteiger partial charge in [0.05, 0.1) is 0 Å². The maximum atomic E-state index is 12.1. The van der Waals surface area contributed by atoms with Crippen LogP contribution in [0.5, 0.6) is 0 Å². The van der Waals surface area contributed by atoms with Gasteiger partial charge in [-0.15, -0.1) is 0 Å². The van der Waals surface area contributed by atoms with Gasteiger partial charge in [0, 0.05) is 30.1 Å². The molecule has 0 atom stereocenters. The monoisotopic (exact) mass is 274 g/mol. The van der Waals surface area contributed by atoms with E-state index in [2.05, 4.69) is 5.32 Å². The molecule has 1 aromatic carbocycles. The van der Waals surface area contributed by atoms with Crippen molar-refractivity contribution in [3.63, 3.8) is 0 Å². The quantitative estimate of drug-likeness (QED) is 0.860. The van der Waals surface area contributed by atoms with Gasteiger partial charge < -0.3 is 0 Å². The highest BCUT2D eigenvalue weighted by Gasteiger charge is 2.26. The summed E-state index contributed by atoms with van der Waals surface area (Å²) in [4.78, 5) is 36.6. The first-order valence-electron chi connectivity index (χ1n) is 6.66. The Morgan fingerprint density at radius 3 is 2.60 bits per heavy atom. The summed E-state index contributed by atoms with van der Waals surface area (Å²) in [5.74, 6) is -0.319.